The molecule has 0 fully saturated rings. The first kappa shape index (κ1) is 18.1. The van der Waals surface area contributed by atoms with Crippen LogP contribution in [-0.2, 0) is 0 Å². The van der Waals surface area contributed by atoms with Crippen LogP contribution in [0.1, 0.15) is 10.4 Å². The molecule has 0 aliphatic carbocycles. The van der Waals surface area contributed by atoms with Crippen molar-refractivity contribution in [2.24, 2.45) is 0 Å². The number of carbonyl (C=O) groups is 1. The van der Waals surface area contributed by atoms with Crippen molar-refractivity contribution in [1.82, 2.24) is 15.2 Å². The molecule has 1 N–H and O–H groups in total. The smallest absolute Gasteiger partial charge is 0.277 e. The maximum Gasteiger partial charge on any atom is 0.277 e. The van der Waals surface area contributed by atoms with Gasteiger partial charge in [-0.2, -0.15) is 0 Å². The van der Waals surface area contributed by atoms with Crippen LogP contribution in [0.15, 0.2) is 58.3 Å². The average Bonchev–Trinajstić information content (AvgIpc) is 3.38. The summed E-state index contributed by atoms with van der Waals surface area (Å²) in [5.74, 6) is 1.73. The molecule has 2 aromatic carbocycles. The SMILES string of the molecule is COc1ccc(-c2nnc(SCC(=O)c3c[nH]c4ccccc34)o2)cc1OC. The number of thioether (sulfide) groups is 1. The number of methoxy groups -OCH3 is 2. The van der Waals surface area contributed by atoms with Gasteiger partial charge in [-0.05, 0) is 24.3 Å². The van der Waals surface area contributed by atoms with Crippen molar-refractivity contribution in [2.45, 2.75) is 5.22 Å². The van der Waals surface area contributed by atoms with E-state index in [-0.39, 0.29) is 11.5 Å². The first-order chi connectivity index (χ1) is 13.7. The molecule has 0 aliphatic rings. The number of aromatic amines is 1. The third-order valence-corrected chi connectivity index (χ3v) is 5.07. The Morgan fingerprint density at radius 3 is 2.75 bits per heavy atom. The van der Waals surface area contributed by atoms with Gasteiger partial charge in [0.1, 0.15) is 0 Å². The summed E-state index contributed by atoms with van der Waals surface area (Å²) in [6, 6.07) is 13.0. The first-order valence-electron chi connectivity index (χ1n) is 8.47. The molecule has 0 saturated heterocycles. The van der Waals surface area contributed by atoms with Crippen molar-refractivity contribution in [3.8, 4) is 23.0 Å². The molecule has 0 saturated carbocycles. The van der Waals surface area contributed by atoms with Gasteiger partial charge in [0.25, 0.3) is 5.22 Å². The Morgan fingerprint density at radius 2 is 1.93 bits per heavy atom. The third-order valence-electron chi connectivity index (χ3n) is 4.25. The van der Waals surface area contributed by atoms with Crippen molar-refractivity contribution in [1.29, 1.82) is 0 Å². The molecule has 0 aliphatic heterocycles. The maximum atomic E-state index is 12.6. The number of ketones is 1. The summed E-state index contributed by atoms with van der Waals surface area (Å²) in [7, 11) is 3.14. The van der Waals surface area contributed by atoms with Crippen molar-refractivity contribution in [3.63, 3.8) is 0 Å². The van der Waals surface area contributed by atoms with Gasteiger partial charge >= 0.3 is 0 Å². The van der Waals surface area contributed by atoms with Crippen molar-refractivity contribution >= 4 is 28.4 Å². The zero-order chi connectivity index (χ0) is 19.5. The molecule has 0 unspecified atom stereocenters. The highest BCUT2D eigenvalue weighted by Crippen LogP contribution is 2.32. The summed E-state index contributed by atoms with van der Waals surface area (Å²) in [6.45, 7) is 0. The lowest BCUT2D eigenvalue weighted by molar-refractivity contribution is 0.102. The fraction of sp³-hybridized carbons (Fsp3) is 0.150. The van der Waals surface area contributed by atoms with Crippen LogP contribution in [0.2, 0.25) is 0 Å². The van der Waals surface area contributed by atoms with E-state index in [0.29, 0.717) is 33.7 Å². The predicted octanol–water partition coefficient (Wildman–Crippen LogP) is 4.21. The normalized spacial score (nSPS) is 10.9. The van der Waals surface area contributed by atoms with E-state index in [1.807, 2.05) is 24.3 Å². The molecule has 8 heteroatoms. The highest BCUT2D eigenvalue weighted by molar-refractivity contribution is 7.99. The first-order valence-corrected chi connectivity index (χ1v) is 9.46. The lowest BCUT2D eigenvalue weighted by Gasteiger charge is -2.07. The quantitative estimate of drug-likeness (QED) is 0.370. The molecular weight excluding hydrogens is 378 g/mol. The number of nitrogens with one attached hydrogen (secondary N) is 1. The number of fused-ring (bicyclic) bond motifs is 1. The second-order valence-corrected chi connectivity index (χ2v) is 6.83. The zero-order valence-corrected chi connectivity index (χ0v) is 16.1. The van der Waals surface area contributed by atoms with E-state index < -0.39 is 0 Å². The Kier molecular flexibility index (Phi) is 5.03. The van der Waals surface area contributed by atoms with Crippen LogP contribution in [0.4, 0.5) is 0 Å². The average molecular weight is 395 g/mol. The van der Waals surface area contributed by atoms with E-state index in [1.54, 1.807) is 38.6 Å². The van der Waals surface area contributed by atoms with E-state index in [1.165, 1.54) is 11.8 Å². The number of hydrogen-bond donors (Lipinski definition) is 1. The molecule has 28 heavy (non-hydrogen) atoms. The van der Waals surface area contributed by atoms with Gasteiger partial charge in [0.05, 0.1) is 20.0 Å². The Balaban J connectivity index is 1.47. The lowest BCUT2D eigenvalue weighted by Crippen LogP contribution is -2.01. The Bertz CT molecular complexity index is 1140. The van der Waals surface area contributed by atoms with Gasteiger partial charge in [0.2, 0.25) is 5.89 Å². The molecule has 4 aromatic rings. The summed E-state index contributed by atoms with van der Waals surface area (Å²) in [5.41, 5.74) is 2.30. The Hall–Kier alpha value is -3.26. The Labute approximate surface area is 165 Å². The minimum atomic E-state index is -0.00619. The second-order valence-electron chi connectivity index (χ2n) is 5.90. The van der Waals surface area contributed by atoms with Crippen LogP contribution >= 0.6 is 11.8 Å². The van der Waals surface area contributed by atoms with Gasteiger partial charge in [-0.3, -0.25) is 4.79 Å². The molecule has 142 valence electrons. The van der Waals surface area contributed by atoms with E-state index >= 15 is 0 Å². The highest BCUT2D eigenvalue weighted by atomic mass is 32.2. The molecule has 0 spiro atoms. The van der Waals surface area contributed by atoms with E-state index in [2.05, 4.69) is 15.2 Å². The second kappa shape index (κ2) is 7.77. The van der Waals surface area contributed by atoms with E-state index in [0.717, 1.165) is 10.9 Å². The number of hydrogen-bond acceptors (Lipinski definition) is 7. The van der Waals surface area contributed by atoms with Crippen molar-refractivity contribution in [2.75, 3.05) is 20.0 Å². The highest BCUT2D eigenvalue weighted by Gasteiger charge is 2.16. The van der Waals surface area contributed by atoms with Crippen molar-refractivity contribution in [3.05, 3.63) is 54.2 Å². The number of rotatable bonds is 7. The number of H-pyrrole nitrogens is 1. The standard InChI is InChI=1S/C20H17N3O4S/c1-25-17-8-7-12(9-18(17)26-2)19-22-23-20(27-19)28-11-16(24)14-10-21-15-6-4-3-5-13(14)15/h3-10,21H,11H2,1-2H3. The van der Waals surface area contributed by atoms with Gasteiger partial charge in [-0.1, -0.05) is 30.0 Å². The molecule has 2 aromatic heterocycles. The van der Waals surface area contributed by atoms with Crippen LogP contribution in [-0.4, -0.2) is 40.9 Å². The number of ether oxygens (including phenoxy) is 2. The maximum absolute atomic E-state index is 12.6. The van der Waals surface area contributed by atoms with Gasteiger partial charge in [0, 0.05) is 28.2 Å². The molecular formula is C20H17N3O4S. The topological polar surface area (TPSA) is 90.2 Å². The molecule has 4 rings (SSSR count). The zero-order valence-electron chi connectivity index (χ0n) is 15.3. The van der Waals surface area contributed by atoms with E-state index in [4.69, 9.17) is 13.9 Å². The Morgan fingerprint density at radius 1 is 1.11 bits per heavy atom. The van der Waals surface area contributed by atoms with Gasteiger partial charge in [0.15, 0.2) is 17.3 Å². The van der Waals surface area contributed by atoms with Crippen molar-refractivity contribution < 1.29 is 18.7 Å². The fourth-order valence-corrected chi connectivity index (χ4v) is 3.51. The summed E-state index contributed by atoms with van der Waals surface area (Å²) in [6.07, 6.45) is 1.73. The molecule has 2 heterocycles. The number of Topliss-reactive ketones (excluding diaryl/α,β-unsaturated/α-hetero) is 1. The number of nitrogens with zero attached hydrogens (tertiary/aromatic N) is 2. The largest absolute Gasteiger partial charge is 0.493 e. The molecule has 0 atom stereocenters. The van der Waals surface area contributed by atoms with Crippen LogP contribution in [0.5, 0.6) is 11.5 Å². The van der Waals surface area contributed by atoms with Crippen LogP contribution in [0, 0.1) is 0 Å². The number of carbonyl (C=O) groups excluding carboxylic acids is 1. The lowest BCUT2D eigenvalue weighted by atomic mass is 10.1. The van der Waals surface area contributed by atoms with Gasteiger partial charge in [-0.25, -0.2) is 0 Å². The predicted molar refractivity (Wildman–Crippen MR) is 106 cm³/mol. The fourth-order valence-electron chi connectivity index (χ4n) is 2.86. The van der Waals surface area contributed by atoms with Gasteiger partial charge < -0.3 is 18.9 Å². The third kappa shape index (κ3) is 3.46. The molecule has 7 nitrogen and oxygen atoms in total. The monoisotopic (exact) mass is 395 g/mol. The minimum Gasteiger partial charge on any atom is -0.493 e. The summed E-state index contributed by atoms with van der Waals surface area (Å²) in [4.78, 5) is 15.7. The summed E-state index contributed by atoms with van der Waals surface area (Å²) < 4.78 is 16.2. The molecule has 0 amide bonds. The van der Waals surface area contributed by atoms with E-state index in [9.17, 15) is 4.79 Å². The number of benzene rings is 2. The minimum absolute atomic E-state index is 0.00619. The number of aromatic nitrogens is 3. The summed E-state index contributed by atoms with van der Waals surface area (Å²) >= 11 is 1.21. The summed E-state index contributed by atoms with van der Waals surface area (Å²) in [5, 5.41) is 9.32. The molecule has 0 radical (unpaired) electrons. The van der Waals surface area contributed by atoms with Crippen LogP contribution in [0.3, 0.4) is 0 Å². The number of para-hydroxylation sites is 1. The van der Waals surface area contributed by atoms with Crippen LogP contribution in [0.25, 0.3) is 22.4 Å². The van der Waals surface area contributed by atoms with Gasteiger partial charge in [-0.15, -0.1) is 10.2 Å². The molecule has 0 bridgehead atoms. The van der Waals surface area contributed by atoms with Crippen LogP contribution < -0.4 is 9.47 Å².